The molecule has 2 bridgehead atoms. The second kappa shape index (κ2) is 5.33. The molecule has 0 radical (unpaired) electrons. The summed E-state index contributed by atoms with van der Waals surface area (Å²) in [6.45, 7) is 2.60. The quantitative estimate of drug-likeness (QED) is 0.893. The summed E-state index contributed by atoms with van der Waals surface area (Å²) in [5.41, 5.74) is 0. The van der Waals surface area contributed by atoms with Crippen LogP contribution in [0.1, 0.15) is 32.6 Å². The molecule has 0 aliphatic carbocycles. The summed E-state index contributed by atoms with van der Waals surface area (Å²) in [6, 6.07) is 3.71. The Kier molecular flexibility index (Phi) is 3.55. The maximum Gasteiger partial charge on any atom is 0.228 e. The van der Waals surface area contributed by atoms with E-state index in [0.717, 1.165) is 5.95 Å². The van der Waals surface area contributed by atoms with Crippen molar-refractivity contribution in [3.05, 3.63) is 12.3 Å². The number of hydrogen-bond donors (Lipinski definition) is 1. The van der Waals surface area contributed by atoms with Gasteiger partial charge in [0.1, 0.15) is 0 Å². The van der Waals surface area contributed by atoms with E-state index >= 15 is 0 Å². The van der Waals surface area contributed by atoms with Crippen LogP contribution in [0.5, 0.6) is 5.88 Å². The molecule has 1 aromatic rings. The molecule has 2 saturated heterocycles. The van der Waals surface area contributed by atoms with Crippen LogP contribution in [0.3, 0.4) is 0 Å². The lowest BCUT2D eigenvalue weighted by Crippen LogP contribution is -2.47. The molecule has 5 heteroatoms. The molecule has 2 aliphatic rings. The normalized spacial score (nSPS) is 29.3. The lowest BCUT2D eigenvalue weighted by molar-refractivity contribution is 0.324. The van der Waals surface area contributed by atoms with Crippen LogP contribution in [0, 0.1) is 0 Å². The maximum atomic E-state index is 5.45. The van der Waals surface area contributed by atoms with Gasteiger partial charge in [-0.05, 0) is 32.6 Å². The van der Waals surface area contributed by atoms with Gasteiger partial charge in [0.05, 0.1) is 6.61 Å². The molecule has 0 amide bonds. The van der Waals surface area contributed by atoms with Gasteiger partial charge in [-0.25, -0.2) is 4.98 Å². The predicted molar refractivity (Wildman–Crippen MR) is 74.6 cm³/mol. The highest BCUT2D eigenvalue weighted by Gasteiger charge is 2.35. The van der Waals surface area contributed by atoms with Crippen molar-refractivity contribution in [2.75, 3.05) is 18.6 Å². The summed E-state index contributed by atoms with van der Waals surface area (Å²) in [4.78, 5) is 11.1. The molecule has 2 fully saturated rings. The average molecular weight is 262 g/mol. The van der Waals surface area contributed by atoms with Gasteiger partial charge < -0.3 is 15.0 Å². The van der Waals surface area contributed by atoms with Crippen LogP contribution < -0.4 is 15.0 Å². The number of nitrogens with one attached hydrogen (secondary N) is 1. The molecule has 3 rings (SSSR count). The van der Waals surface area contributed by atoms with Crippen molar-refractivity contribution in [3.63, 3.8) is 0 Å². The summed E-state index contributed by atoms with van der Waals surface area (Å²) in [5.74, 6) is 1.44. The highest BCUT2D eigenvalue weighted by atomic mass is 16.5. The minimum atomic E-state index is 0.538. The van der Waals surface area contributed by atoms with E-state index in [2.05, 4.69) is 27.2 Å². The fraction of sp³-hybridized carbons (Fsp3) is 0.714. The minimum Gasteiger partial charge on any atom is -0.478 e. The van der Waals surface area contributed by atoms with Gasteiger partial charge in [-0.1, -0.05) is 0 Å². The molecule has 2 unspecified atom stereocenters. The van der Waals surface area contributed by atoms with Crippen molar-refractivity contribution < 1.29 is 4.74 Å². The van der Waals surface area contributed by atoms with Crippen LogP contribution in [0.15, 0.2) is 12.3 Å². The Balaban J connectivity index is 1.72. The van der Waals surface area contributed by atoms with Crippen LogP contribution in [0.25, 0.3) is 0 Å². The monoisotopic (exact) mass is 262 g/mol. The van der Waals surface area contributed by atoms with Gasteiger partial charge in [-0.3, -0.25) is 0 Å². The van der Waals surface area contributed by atoms with Crippen molar-refractivity contribution in [2.24, 2.45) is 0 Å². The molecule has 5 nitrogen and oxygen atoms in total. The van der Waals surface area contributed by atoms with E-state index in [-0.39, 0.29) is 0 Å². The van der Waals surface area contributed by atoms with E-state index in [9.17, 15) is 0 Å². The highest BCUT2D eigenvalue weighted by molar-refractivity contribution is 5.33. The number of piperidine rings is 1. The molecule has 19 heavy (non-hydrogen) atoms. The van der Waals surface area contributed by atoms with Gasteiger partial charge in [0, 0.05) is 37.4 Å². The highest BCUT2D eigenvalue weighted by Crippen LogP contribution is 2.30. The average Bonchev–Trinajstić information content (AvgIpc) is 2.77. The Bertz CT molecular complexity index is 427. The third kappa shape index (κ3) is 2.66. The fourth-order valence-electron chi connectivity index (χ4n) is 3.24. The molecule has 0 aromatic carbocycles. The van der Waals surface area contributed by atoms with Crippen molar-refractivity contribution in [1.82, 2.24) is 15.3 Å². The Morgan fingerprint density at radius 2 is 2.11 bits per heavy atom. The Morgan fingerprint density at radius 3 is 2.79 bits per heavy atom. The van der Waals surface area contributed by atoms with E-state index in [1.807, 2.05) is 13.0 Å². The van der Waals surface area contributed by atoms with Crippen LogP contribution in [-0.2, 0) is 0 Å². The second-order valence-corrected chi connectivity index (χ2v) is 5.50. The molecule has 0 spiro atoms. The van der Waals surface area contributed by atoms with Crippen molar-refractivity contribution in [3.8, 4) is 5.88 Å². The number of anilines is 1. The predicted octanol–water partition coefficient (Wildman–Crippen LogP) is 1.59. The maximum absolute atomic E-state index is 5.45. The zero-order chi connectivity index (χ0) is 13.2. The van der Waals surface area contributed by atoms with E-state index < -0.39 is 0 Å². The fourth-order valence-corrected chi connectivity index (χ4v) is 3.24. The minimum absolute atomic E-state index is 0.538. The summed E-state index contributed by atoms with van der Waals surface area (Å²) in [6.07, 6.45) is 6.79. The lowest BCUT2D eigenvalue weighted by atomic mass is 9.99. The molecule has 2 atom stereocenters. The molecule has 2 aliphatic heterocycles. The van der Waals surface area contributed by atoms with E-state index in [1.54, 1.807) is 6.20 Å². The zero-order valence-corrected chi connectivity index (χ0v) is 11.7. The van der Waals surface area contributed by atoms with Gasteiger partial charge >= 0.3 is 0 Å². The number of aromatic nitrogens is 2. The third-order valence-corrected chi connectivity index (χ3v) is 4.22. The topological polar surface area (TPSA) is 50.3 Å². The smallest absolute Gasteiger partial charge is 0.228 e. The molecule has 3 heterocycles. The molecule has 1 N–H and O–H groups in total. The Hall–Kier alpha value is -1.36. The van der Waals surface area contributed by atoms with Gasteiger partial charge in [0.15, 0.2) is 0 Å². The Morgan fingerprint density at radius 1 is 1.37 bits per heavy atom. The van der Waals surface area contributed by atoms with Crippen LogP contribution in [0.4, 0.5) is 5.95 Å². The molecular weight excluding hydrogens is 240 g/mol. The van der Waals surface area contributed by atoms with Gasteiger partial charge in [-0.2, -0.15) is 4.98 Å². The van der Waals surface area contributed by atoms with E-state index in [1.165, 1.54) is 25.7 Å². The first-order chi connectivity index (χ1) is 9.26. The van der Waals surface area contributed by atoms with Crippen molar-refractivity contribution >= 4 is 5.95 Å². The van der Waals surface area contributed by atoms with Gasteiger partial charge in [0.2, 0.25) is 11.8 Å². The number of hydrogen-bond acceptors (Lipinski definition) is 5. The largest absolute Gasteiger partial charge is 0.478 e. The van der Waals surface area contributed by atoms with Crippen LogP contribution >= 0.6 is 0 Å². The standard InChI is InChI=1S/C14H22N4O/c1-3-19-13-6-7-15-14(17-13)18(2)12-8-10-4-5-11(9-12)16-10/h6-7,10-12,16H,3-5,8-9H2,1-2H3. The second-order valence-electron chi connectivity index (χ2n) is 5.50. The Labute approximate surface area is 114 Å². The van der Waals surface area contributed by atoms with E-state index in [4.69, 9.17) is 4.74 Å². The number of nitrogens with zero attached hydrogens (tertiary/aromatic N) is 3. The first-order valence-electron chi connectivity index (χ1n) is 7.21. The summed E-state index contributed by atoms with van der Waals surface area (Å²) < 4.78 is 5.45. The lowest BCUT2D eigenvalue weighted by Gasteiger charge is -2.35. The third-order valence-electron chi connectivity index (χ3n) is 4.22. The zero-order valence-electron chi connectivity index (χ0n) is 11.7. The number of rotatable bonds is 4. The first-order valence-corrected chi connectivity index (χ1v) is 7.21. The number of ether oxygens (including phenoxy) is 1. The van der Waals surface area contributed by atoms with Gasteiger partial charge in [0.25, 0.3) is 0 Å². The van der Waals surface area contributed by atoms with Gasteiger partial charge in [-0.15, -0.1) is 0 Å². The molecule has 0 saturated carbocycles. The first kappa shape index (κ1) is 12.7. The van der Waals surface area contributed by atoms with Crippen LogP contribution in [-0.4, -0.2) is 41.7 Å². The summed E-state index contributed by atoms with van der Waals surface area (Å²) >= 11 is 0. The molecule has 1 aromatic heterocycles. The van der Waals surface area contributed by atoms with E-state index in [0.29, 0.717) is 30.6 Å². The summed E-state index contributed by atoms with van der Waals surface area (Å²) in [5, 5.41) is 3.67. The molecule has 104 valence electrons. The van der Waals surface area contributed by atoms with Crippen LogP contribution in [0.2, 0.25) is 0 Å². The number of fused-ring (bicyclic) bond motifs is 2. The van der Waals surface area contributed by atoms with Crippen molar-refractivity contribution in [1.29, 1.82) is 0 Å². The summed E-state index contributed by atoms with van der Waals surface area (Å²) in [7, 11) is 2.10. The SMILES string of the molecule is CCOc1ccnc(N(C)C2CC3CCC(C2)N3)n1. The van der Waals surface area contributed by atoms with Crippen molar-refractivity contribution in [2.45, 2.75) is 50.7 Å². The molecular formula is C14H22N4O.